The molecule has 0 radical (unpaired) electrons. The van der Waals surface area contributed by atoms with E-state index in [1.807, 2.05) is 0 Å². The van der Waals surface area contributed by atoms with E-state index < -0.39 is 0 Å². The minimum Gasteiger partial charge on any atom is -0.391 e. The zero-order valence-corrected chi connectivity index (χ0v) is 12.9. The van der Waals surface area contributed by atoms with Gasteiger partial charge in [-0.2, -0.15) is 0 Å². The average molecular weight is 269 g/mol. The maximum Gasteiger partial charge on any atom is 0.0746 e. The Balaban J connectivity index is 1.93. The van der Waals surface area contributed by atoms with E-state index in [0.29, 0.717) is 12.1 Å². The molecule has 112 valence electrons. The average Bonchev–Trinajstić information content (AvgIpc) is 2.40. The molecule has 3 heteroatoms. The second kappa shape index (κ2) is 6.55. The van der Waals surface area contributed by atoms with Gasteiger partial charge in [0.25, 0.3) is 0 Å². The molecule has 3 unspecified atom stereocenters. The fourth-order valence-corrected chi connectivity index (χ4v) is 3.66. The summed E-state index contributed by atoms with van der Waals surface area (Å²) in [6, 6.07) is 0.344. The van der Waals surface area contributed by atoms with Crippen molar-refractivity contribution in [1.82, 2.24) is 4.90 Å². The molecule has 2 fully saturated rings. The van der Waals surface area contributed by atoms with Crippen LogP contribution in [0.2, 0.25) is 0 Å². The lowest BCUT2D eigenvalue weighted by Gasteiger charge is -2.47. The molecule has 1 aliphatic heterocycles. The minimum absolute atomic E-state index is 0.0696. The third-order valence-corrected chi connectivity index (χ3v) is 4.92. The summed E-state index contributed by atoms with van der Waals surface area (Å²) in [4.78, 5) is 2.50. The standard InChI is InChI=1S/C16H31NO2/c1-4-11-19-13-7-6-10-17(12-13)14-8-5-9-16(2,3)15(14)18/h13-15,18H,4-12H2,1-3H3. The maximum absolute atomic E-state index is 10.6. The van der Waals surface area contributed by atoms with Crippen molar-refractivity contribution in [2.24, 2.45) is 5.41 Å². The third kappa shape index (κ3) is 3.71. The lowest BCUT2D eigenvalue weighted by Crippen LogP contribution is -2.55. The van der Waals surface area contributed by atoms with Crippen LogP contribution in [0.1, 0.15) is 59.3 Å². The van der Waals surface area contributed by atoms with E-state index in [1.165, 1.54) is 19.3 Å². The van der Waals surface area contributed by atoms with Crippen molar-refractivity contribution in [3.8, 4) is 0 Å². The molecule has 3 atom stereocenters. The van der Waals surface area contributed by atoms with Crippen LogP contribution in [-0.2, 0) is 4.74 Å². The molecule has 19 heavy (non-hydrogen) atoms. The van der Waals surface area contributed by atoms with Gasteiger partial charge >= 0.3 is 0 Å². The van der Waals surface area contributed by atoms with Gasteiger partial charge in [-0.1, -0.05) is 27.2 Å². The number of nitrogens with zero attached hydrogens (tertiary/aromatic N) is 1. The highest BCUT2D eigenvalue weighted by molar-refractivity contribution is 4.94. The first-order chi connectivity index (χ1) is 9.04. The Morgan fingerprint density at radius 2 is 2.05 bits per heavy atom. The van der Waals surface area contributed by atoms with E-state index in [-0.39, 0.29) is 11.5 Å². The smallest absolute Gasteiger partial charge is 0.0746 e. The molecule has 3 nitrogen and oxygen atoms in total. The number of ether oxygens (including phenoxy) is 1. The molecule has 1 saturated heterocycles. The van der Waals surface area contributed by atoms with Crippen molar-refractivity contribution >= 4 is 0 Å². The van der Waals surface area contributed by atoms with Crippen LogP contribution in [0.15, 0.2) is 0 Å². The molecule has 0 spiro atoms. The van der Waals surface area contributed by atoms with Crippen molar-refractivity contribution in [3.05, 3.63) is 0 Å². The van der Waals surface area contributed by atoms with Crippen LogP contribution in [0.5, 0.6) is 0 Å². The van der Waals surface area contributed by atoms with Crippen LogP contribution in [0.4, 0.5) is 0 Å². The Morgan fingerprint density at radius 3 is 2.79 bits per heavy atom. The van der Waals surface area contributed by atoms with Gasteiger partial charge in [-0.25, -0.2) is 0 Å². The molecule has 2 rings (SSSR count). The van der Waals surface area contributed by atoms with Crippen LogP contribution in [0, 0.1) is 5.41 Å². The van der Waals surface area contributed by atoms with Crippen LogP contribution >= 0.6 is 0 Å². The number of aliphatic hydroxyl groups excluding tert-OH is 1. The van der Waals surface area contributed by atoms with E-state index in [4.69, 9.17) is 4.74 Å². The number of rotatable bonds is 4. The zero-order valence-electron chi connectivity index (χ0n) is 12.9. The van der Waals surface area contributed by atoms with E-state index in [1.54, 1.807) is 0 Å². The second-order valence-corrected chi connectivity index (χ2v) is 7.02. The highest BCUT2D eigenvalue weighted by Gasteiger charge is 2.41. The number of hydrogen-bond donors (Lipinski definition) is 1. The minimum atomic E-state index is -0.189. The molecule has 0 aromatic rings. The molecule has 2 aliphatic rings. The van der Waals surface area contributed by atoms with Gasteiger partial charge in [0, 0.05) is 19.2 Å². The van der Waals surface area contributed by atoms with E-state index >= 15 is 0 Å². The molecule has 0 aromatic carbocycles. The molecule has 0 bridgehead atoms. The molecule has 0 amide bonds. The first-order valence-corrected chi connectivity index (χ1v) is 8.08. The first-order valence-electron chi connectivity index (χ1n) is 8.08. The summed E-state index contributed by atoms with van der Waals surface area (Å²) in [6.07, 6.45) is 7.21. The lowest BCUT2D eigenvalue weighted by molar-refractivity contribution is -0.0849. The van der Waals surface area contributed by atoms with Crippen LogP contribution in [-0.4, -0.2) is 48.0 Å². The van der Waals surface area contributed by atoms with Gasteiger partial charge in [-0.05, 0) is 44.1 Å². The van der Waals surface area contributed by atoms with Crippen molar-refractivity contribution < 1.29 is 9.84 Å². The van der Waals surface area contributed by atoms with Crippen molar-refractivity contribution in [2.45, 2.75) is 77.5 Å². The molecule has 1 saturated carbocycles. The summed E-state index contributed by atoms with van der Waals surface area (Å²) in [5.41, 5.74) is 0.0696. The molecule has 0 aromatic heterocycles. The van der Waals surface area contributed by atoms with Crippen LogP contribution < -0.4 is 0 Å². The molecular formula is C16H31NO2. The fourth-order valence-electron chi connectivity index (χ4n) is 3.66. The van der Waals surface area contributed by atoms with Crippen molar-refractivity contribution in [3.63, 3.8) is 0 Å². The molecule has 1 heterocycles. The van der Waals surface area contributed by atoms with E-state index in [2.05, 4.69) is 25.7 Å². The Bertz CT molecular complexity index is 280. The Hall–Kier alpha value is -0.120. The summed E-state index contributed by atoms with van der Waals surface area (Å²) in [5, 5.41) is 10.6. The highest BCUT2D eigenvalue weighted by Crippen LogP contribution is 2.38. The third-order valence-electron chi connectivity index (χ3n) is 4.92. The quantitative estimate of drug-likeness (QED) is 0.852. The summed E-state index contributed by atoms with van der Waals surface area (Å²) < 4.78 is 5.92. The van der Waals surface area contributed by atoms with Crippen LogP contribution in [0.3, 0.4) is 0 Å². The number of hydrogen-bond acceptors (Lipinski definition) is 3. The monoisotopic (exact) mass is 269 g/mol. The summed E-state index contributed by atoms with van der Waals surface area (Å²) in [7, 11) is 0. The summed E-state index contributed by atoms with van der Waals surface area (Å²) in [6.45, 7) is 9.59. The van der Waals surface area contributed by atoms with Gasteiger partial charge in [0.2, 0.25) is 0 Å². The predicted octanol–water partition coefficient (Wildman–Crippen LogP) is 2.82. The Morgan fingerprint density at radius 1 is 1.26 bits per heavy atom. The first kappa shape index (κ1) is 15.3. The fraction of sp³-hybridized carbons (Fsp3) is 1.00. The predicted molar refractivity (Wildman–Crippen MR) is 78.3 cm³/mol. The number of piperidine rings is 1. The topological polar surface area (TPSA) is 32.7 Å². The molecule has 1 aliphatic carbocycles. The van der Waals surface area contributed by atoms with Gasteiger partial charge in [-0.3, -0.25) is 4.90 Å². The SMILES string of the molecule is CCCOC1CCCN(C2CCCC(C)(C)C2O)C1. The van der Waals surface area contributed by atoms with Crippen molar-refractivity contribution in [2.75, 3.05) is 19.7 Å². The van der Waals surface area contributed by atoms with Crippen molar-refractivity contribution in [1.29, 1.82) is 0 Å². The van der Waals surface area contributed by atoms with Crippen LogP contribution in [0.25, 0.3) is 0 Å². The zero-order chi connectivity index (χ0) is 13.9. The highest BCUT2D eigenvalue weighted by atomic mass is 16.5. The summed E-state index contributed by atoms with van der Waals surface area (Å²) >= 11 is 0. The number of likely N-dealkylation sites (tertiary alicyclic amines) is 1. The van der Waals surface area contributed by atoms with Gasteiger partial charge in [0.05, 0.1) is 12.2 Å². The number of aliphatic hydroxyl groups is 1. The molecule has 1 N–H and O–H groups in total. The normalized spacial score (nSPS) is 36.3. The van der Waals surface area contributed by atoms with Gasteiger partial charge in [0.15, 0.2) is 0 Å². The molecular weight excluding hydrogens is 238 g/mol. The largest absolute Gasteiger partial charge is 0.391 e. The van der Waals surface area contributed by atoms with Gasteiger partial charge < -0.3 is 9.84 Å². The summed E-state index contributed by atoms with van der Waals surface area (Å²) in [5.74, 6) is 0. The van der Waals surface area contributed by atoms with Gasteiger partial charge in [-0.15, -0.1) is 0 Å². The van der Waals surface area contributed by atoms with Gasteiger partial charge in [0.1, 0.15) is 0 Å². The Kier molecular flexibility index (Phi) is 5.27. The van der Waals surface area contributed by atoms with E-state index in [0.717, 1.165) is 39.0 Å². The maximum atomic E-state index is 10.6. The lowest BCUT2D eigenvalue weighted by atomic mass is 9.72. The second-order valence-electron chi connectivity index (χ2n) is 7.02. The van der Waals surface area contributed by atoms with E-state index in [9.17, 15) is 5.11 Å². The Labute approximate surface area is 118 Å².